The Balaban J connectivity index is 1.73. The molecule has 22 heavy (non-hydrogen) atoms. The molecular weight excluding hydrogens is 321 g/mol. The number of hydrogen-bond acceptors (Lipinski definition) is 2. The third-order valence-electron chi connectivity index (χ3n) is 3.04. The Bertz CT molecular complexity index is 659. The molecule has 0 saturated heterocycles. The molecule has 0 unspecified atom stereocenters. The molecule has 0 fully saturated rings. The highest BCUT2D eigenvalue weighted by Crippen LogP contribution is 2.20. The maximum atomic E-state index is 12.0. The van der Waals surface area contributed by atoms with Crippen molar-refractivity contribution in [1.29, 1.82) is 0 Å². The SMILES string of the molecule is Cc1cccc(OCCCNC(=O)c2ccc(Cl)cc2Cl)c1. The zero-order valence-corrected chi connectivity index (χ0v) is 13.7. The lowest BCUT2D eigenvalue weighted by molar-refractivity contribution is 0.0951. The molecule has 1 amide bonds. The van der Waals surface area contributed by atoms with Crippen LogP contribution in [-0.2, 0) is 0 Å². The van der Waals surface area contributed by atoms with Crippen LogP contribution in [0, 0.1) is 6.92 Å². The Kier molecular flexibility index (Phi) is 6.10. The number of hydrogen-bond donors (Lipinski definition) is 1. The number of benzene rings is 2. The Morgan fingerprint density at radius 3 is 2.73 bits per heavy atom. The van der Waals surface area contributed by atoms with E-state index in [-0.39, 0.29) is 5.91 Å². The topological polar surface area (TPSA) is 38.3 Å². The predicted octanol–water partition coefficient (Wildman–Crippen LogP) is 4.50. The van der Waals surface area contributed by atoms with E-state index in [0.717, 1.165) is 11.3 Å². The molecular formula is C17H17Cl2NO2. The first-order chi connectivity index (χ1) is 10.6. The van der Waals surface area contributed by atoms with Crippen LogP contribution in [0.5, 0.6) is 5.75 Å². The van der Waals surface area contributed by atoms with Gasteiger partial charge in [0.05, 0.1) is 17.2 Å². The van der Waals surface area contributed by atoms with Gasteiger partial charge in [0.25, 0.3) is 5.91 Å². The van der Waals surface area contributed by atoms with Gasteiger partial charge < -0.3 is 10.1 Å². The lowest BCUT2D eigenvalue weighted by Crippen LogP contribution is -2.25. The fourth-order valence-electron chi connectivity index (χ4n) is 1.94. The van der Waals surface area contributed by atoms with Gasteiger partial charge >= 0.3 is 0 Å². The quantitative estimate of drug-likeness (QED) is 0.788. The zero-order valence-electron chi connectivity index (χ0n) is 12.2. The van der Waals surface area contributed by atoms with Crippen LogP contribution in [0.25, 0.3) is 0 Å². The summed E-state index contributed by atoms with van der Waals surface area (Å²) in [5.74, 6) is 0.629. The van der Waals surface area contributed by atoms with Gasteiger partial charge in [-0.2, -0.15) is 0 Å². The molecule has 5 heteroatoms. The van der Waals surface area contributed by atoms with E-state index in [4.69, 9.17) is 27.9 Å². The first kappa shape index (κ1) is 16.7. The molecule has 0 saturated carbocycles. The number of halogens is 2. The molecule has 2 rings (SSSR count). The molecule has 0 atom stereocenters. The van der Waals surface area contributed by atoms with Crippen molar-refractivity contribution in [3.8, 4) is 5.75 Å². The van der Waals surface area contributed by atoms with Gasteiger partial charge in [0, 0.05) is 11.6 Å². The van der Waals surface area contributed by atoms with Crippen LogP contribution in [0.2, 0.25) is 10.0 Å². The number of ether oxygens (including phenoxy) is 1. The molecule has 0 aliphatic heterocycles. The van der Waals surface area contributed by atoms with Crippen molar-refractivity contribution in [3.05, 3.63) is 63.6 Å². The van der Waals surface area contributed by atoms with Gasteiger partial charge in [0.1, 0.15) is 5.75 Å². The Morgan fingerprint density at radius 2 is 2.00 bits per heavy atom. The van der Waals surface area contributed by atoms with Crippen molar-refractivity contribution in [3.63, 3.8) is 0 Å². The van der Waals surface area contributed by atoms with E-state index < -0.39 is 0 Å². The number of carbonyl (C=O) groups excluding carboxylic acids is 1. The highest BCUT2D eigenvalue weighted by Gasteiger charge is 2.09. The molecule has 1 N–H and O–H groups in total. The van der Waals surface area contributed by atoms with Crippen molar-refractivity contribution < 1.29 is 9.53 Å². The van der Waals surface area contributed by atoms with Crippen LogP contribution in [0.15, 0.2) is 42.5 Å². The Morgan fingerprint density at radius 1 is 1.18 bits per heavy atom. The average Bonchev–Trinajstić information content (AvgIpc) is 2.46. The van der Waals surface area contributed by atoms with Gasteiger partial charge in [0.15, 0.2) is 0 Å². The standard InChI is InChI=1S/C17H17Cl2NO2/c1-12-4-2-5-14(10-12)22-9-3-8-20-17(21)15-7-6-13(18)11-16(15)19/h2,4-7,10-11H,3,8-9H2,1H3,(H,20,21). The van der Waals surface area contributed by atoms with Crippen molar-refractivity contribution in [1.82, 2.24) is 5.32 Å². The van der Waals surface area contributed by atoms with E-state index in [1.54, 1.807) is 18.2 Å². The van der Waals surface area contributed by atoms with Crippen LogP contribution < -0.4 is 10.1 Å². The van der Waals surface area contributed by atoms with Crippen molar-refractivity contribution in [2.75, 3.05) is 13.2 Å². The summed E-state index contributed by atoms with van der Waals surface area (Å²) >= 11 is 11.8. The molecule has 0 aromatic heterocycles. The van der Waals surface area contributed by atoms with Crippen LogP contribution in [-0.4, -0.2) is 19.1 Å². The summed E-state index contributed by atoms with van der Waals surface area (Å²) in [6.45, 7) is 3.07. The Hall–Kier alpha value is -1.71. The molecule has 0 bridgehead atoms. The minimum atomic E-state index is -0.211. The highest BCUT2D eigenvalue weighted by molar-refractivity contribution is 6.36. The molecule has 0 radical (unpaired) electrons. The molecule has 116 valence electrons. The monoisotopic (exact) mass is 337 g/mol. The van der Waals surface area contributed by atoms with Crippen LogP contribution in [0.4, 0.5) is 0 Å². The lowest BCUT2D eigenvalue weighted by atomic mass is 10.2. The molecule has 0 aliphatic rings. The summed E-state index contributed by atoms with van der Waals surface area (Å²) in [4.78, 5) is 12.0. The third-order valence-corrected chi connectivity index (χ3v) is 3.59. The largest absolute Gasteiger partial charge is 0.494 e. The first-order valence-electron chi connectivity index (χ1n) is 6.99. The zero-order chi connectivity index (χ0) is 15.9. The molecule has 2 aromatic rings. The number of amides is 1. The van der Waals surface area contributed by atoms with Crippen molar-refractivity contribution in [2.24, 2.45) is 0 Å². The van der Waals surface area contributed by atoms with Gasteiger partial charge in [-0.1, -0.05) is 35.3 Å². The van der Waals surface area contributed by atoms with E-state index in [1.165, 1.54) is 0 Å². The van der Waals surface area contributed by atoms with Gasteiger partial charge in [-0.15, -0.1) is 0 Å². The first-order valence-corrected chi connectivity index (χ1v) is 7.74. The second-order valence-electron chi connectivity index (χ2n) is 4.90. The minimum Gasteiger partial charge on any atom is -0.494 e. The summed E-state index contributed by atoms with van der Waals surface area (Å²) in [5.41, 5.74) is 1.58. The third kappa shape index (κ3) is 4.93. The fraction of sp³-hybridized carbons (Fsp3) is 0.235. The fourth-order valence-corrected chi connectivity index (χ4v) is 2.43. The van der Waals surface area contributed by atoms with E-state index in [1.807, 2.05) is 31.2 Å². The number of nitrogens with one attached hydrogen (secondary N) is 1. The summed E-state index contributed by atoms with van der Waals surface area (Å²) in [6, 6.07) is 12.7. The minimum absolute atomic E-state index is 0.211. The van der Waals surface area contributed by atoms with Gasteiger partial charge in [-0.05, 0) is 49.2 Å². The number of carbonyl (C=O) groups is 1. The normalized spacial score (nSPS) is 10.3. The van der Waals surface area contributed by atoms with Crippen molar-refractivity contribution >= 4 is 29.1 Å². The van der Waals surface area contributed by atoms with E-state index in [0.29, 0.717) is 35.2 Å². The summed E-state index contributed by atoms with van der Waals surface area (Å²) < 4.78 is 5.62. The number of aryl methyl sites for hydroxylation is 1. The maximum absolute atomic E-state index is 12.0. The van der Waals surface area contributed by atoms with Gasteiger partial charge in [-0.3, -0.25) is 4.79 Å². The maximum Gasteiger partial charge on any atom is 0.252 e. The summed E-state index contributed by atoms with van der Waals surface area (Å²) in [5, 5.41) is 3.67. The second kappa shape index (κ2) is 8.06. The van der Waals surface area contributed by atoms with E-state index in [9.17, 15) is 4.79 Å². The average molecular weight is 338 g/mol. The smallest absolute Gasteiger partial charge is 0.252 e. The van der Waals surface area contributed by atoms with Crippen molar-refractivity contribution in [2.45, 2.75) is 13.3 Å². The van der Waals surface area contributed by atoms with E-state index >= 15 is 0 Å². The lowest BCUT2D eigenvalue weighted by Gasteiger charge is -2.09. The van der Waals surface area contributed by atoms with E-state index in [2.05, 4.69) is 5.32 Å². The van der Waals surface area contributed by atoms with Crippen LogP contribution in [0.1, 0.15) is 22.3 Å². The summed E-state index contributed by atoms with van der Waals surface area (Å²) in [7, 11) is 0. The second-order valence-corrected chi connectivity index (χ2v) is 5.74. The highest BCUT2D eigenvalue weighted by atomic mass is 35.5. The molecule has 0 spiro atoms. The molecule has 3 nitrogen and oxygen atoms in total. The Labute approximate surface area is 140 Å². The molecule has 0 aliphatic carbocycles. The van der Waals surface area contributed by atoms with Crippen LogP contribution in [0.3, 0.4) is 0 Å². The van der Waals surface area contributed by atoms with Crippen LogP contribution >= 0.6 is 23.2 Å². The number of rotatable bonds is 6. The summed E-state index contributed by atoms with van der Waals surface area (Å²) in [6.07, 6.45) is 0.713. The molecule has 2 aromatic carbocycles. The predicted molar refractivity (Wildman–Crippen MR) is 90.1 cm³/mol. The van der Waals surface area contributed by atoms with Gasteiger partial charge in [-0.25, -0.2) is 0 Å². The molecule has 0 heterocycles. The van der Waals surface area contributed by atoms with Gasteiger partial charge in [0.2, 0.25) is 0 Å².